The highest BCUT2D eigenvalue weighted by molar-refractivity contribution is 7.98. The molecule has 1 aliphatic carbocycles. The first-order valence-electron chi connectivity index (χ1n) is 11.4. The van der Waals surface area contributed by atoms with Crippen LogP contribution in [0.3, 0.4) is 0 Å². The molecule has 2 aromatic carbocycles. The number of aryl methyl sites for hydroxylation is 1. The van der Waals surface area contributed by atoms with Gasteiger partial charge in [-0.1, -0.05) is 30.3 Å². The van der Waals surface area contributed by atoms with Crippen molar-refractivity contribution < 1.29 is 24.0 Å². The number of carbonyl (C=O) groups excluding carboxylic acids is 3. The third-order valence-corrected chi connectivity index (χ3v) is 6.70. The standard InChI is InChI=1S/C25H29N3O6S/c1-27(22-12-6-8-17-7-3-4-11-20(17)22)23(29)16-34-25(31)21(13-14-35-2)26-24(30)18-9-5-10-19(15-18)28(32)33/h3-5,7,9-11,15,21-22H,6,8,12-14,16H2,1-2H3,(H,26,30). The van der Waals surface area contributed by atoms with Gasteiger partial charge in [0.25, 0.3) is 17.5 Å². The lowest BCUT2D eigenvalue weighted by atomic mass is 9.87. The topological polar surface area (TPSA) is 119 Å². The molecule has 35 heavy (non-hydrogen) atoms. The lowest BCUT2D eigenvalue weighted by Crippen LogP contribution is -2.44. The average Bonchev–Trinajstić information content (AvgIpc) is 2.88. The zero-order chi connectivity index (χ0) is 25.4. The number of nitro benzene ring substituents is 1. The molecule has 0 fully saturated rings. The van der Waals surface area contributed by atoms with E-state index in [0.29, 0.717) is 12.2 Å². The molecule has 2 aromatic rings. The summed E-state index contributed by atoms with van der Waals surface area (Å²) in [6, 6.07) is 12.2. The van der Waals surface area contributed by atoms with E-state index in [1.54, 1.807) is 11.9 Å². The smallest absolute Gasteiger partial charge is 0.329 e. The molecule has 0 saturated carbocycles. The van der Waals surface area contributed by atoms with Crippen LogP contribution in [0.4, 0.5) is 5.69 Å². The molecular formula is C25H29N3O6S. The van der Waals surface area contributed by atoms with Crippen LogP contribution in [0.5, 0.6) is 0 Å². The first kappa shape index (κ1) is 26.2. The van der Waals surface area contributed by atoms with Gasteiger partial charge < -0.3 is 15.0 Å². The Morgan fingerprint density at radius 3 is 2.74 bits per heavy atom. The number of likely N-dealkylation sites (N-methyl/N-ethyl adjacent to an activating group) is 1. The maximum Gasteiger partial charge on any atom is 0.329 e. The van der Waals surface area contributed by atoms with Crippen LogP contribution in [-0.4, -0.2) is 59.3 Å². The van der Waals surface area contributed by atoms with Gasteiger partial charge in [-0.15, -0.1) is 0 Å². The van der Waals surface area contributed by atoms with E-state index in [1.807, 2.05) is 24.5 Å². The Morgan fingerprint density at radius 1 is 1.23 bits per heavy atom. The minimum Gasteiger partial charge on any atom is -0.454 e. The fraction of sp³-hybridized carbons (Fsp3) is 0.400. The van der Waals surface area contributed by atoms with Crippen molar-refractivity contribution in [1.29, 1.82) is 0 Å². The summed E-state index contributed by atoms with van der Waals surface area (Å²) < 4.78 is 5.30. The van der Waals surface area contributed by atoms with Crippen molar-refractivity contribution in [2.24, 2.45) is 0 Å². The Hall–Kier alpha value is -3.40. The van der Waals surface area contributed by atoms with Crippen molar-refractivity contribution >= 4 is 35.2 Å². The summed E-state index contributed by atoms with van der Waals surface area (Å²) >= 11 is 1.49. The molecule has 186 valence electrons. The Labute approximate surface area is 208 Å². The summed E-state index contributed by atoms with van der Waals surface area (Å²) in [4.78, 5) is 50.3. The van der Waals surface area contributed by atoms with Gasteiger partial charge in [-0.3, -0.25) is 19.7 Å². The van der Waals surface area contributed by atoms with Crippen molar-refractivity contribution in [1.82, 2.24) is 10.2 Å². The molecule has 0 radical (unpaired) electrons. The predicted octanol–water partition coefficient (Wildman–Crippen LogP) is 3.53. The van der Waals surface area contributed by atoms with E-state index in [1.165, 1.54) is 35.5 Å². The van der Waals surface area contributed by atoms with Crippen LogP contribution >= 0.6 is 11.8 Å². The summed E-state index contributed by atoms with van der Waals surface area (Å²) in [5, 5.41) is 13.6. The Kier molecular flexibility index (Phi) is 9.25. The van der Waals surface area contributed by atoms with Gasteiger partial charge in [0.15, 0.2) is 6.61 Å². The molecule has 0 saturated heterocycles. The molecule has 2 amide bonds. The second-order valence-electron chi connectivity index (χ2n) is 8.33. The van der Waals surface area contributed by atoms with Crippen molar-refractivity contribution in [3.63, 3.8) is 0 Å². The molecule has 2 unspecified atom stereocenters. The lowest BCUT2D eigenvalue weighted by Gasteiger charge is -2.33. The van der Waals surface area contributed by atoms with Crippen molar-refractivity contribution in [2.45, 2.75) is 37.8 Å². The van der Waals surface area contributed by atoms with Gasteiger partial charge in [-0.2, -0.15) is 11.8 Å². The molecule has 0 spiro atoms. The van der Waals surface area contributed by atoms with Crippen LogP contribution in [0.2, 0.25) is 0 Å². The van der Waals surface area contributed by atoms with E-state index in [4.69, 9.17) is 4.74 Å². The average molecular weight is 500 g/mol. The normalized spacial score (nSPS) is 15.4. The summed E-state index contributed by atoms with van der Waals surface area (Å²) in [5.41, 5.74) is 2.18. The molecule has 1 aliphatic rings. The second kappa shape index (κ2) is 12.3. The number of thioether (sulfide) groups is 1. The number of non-ortho nitro benzene ring substituents is 1. The maximum atomic E-state index is 12.8. The quantitative estimate of drug-likeness (QED) is 0.302. The lowest BCUT2D eigenvalue weighted by molar-refractivity contribution is -0.384. The van der Waals surface area contributed by atoms with Crippen molar-refractivity contribution in [3.05, 3.63) is 75.3 Å². The first-order chi connectivity index (χ1) is 16.8. The van der Waals surface area contributed by atoms with E-state index >= 15 is 0 Å². The van der Waals surface area contributed by atoms with Gasteiger partial charge in [-0.25, -0.2) is 4.79 Å². The van der Waals surface area contributed by atoms with E-state index in [0.717, 1.165) is 30.9 Å². The Balaban J connectivity index is 1.62. The molecule has 0 aliphatic heterocycles. The number of nitro groups is 1. The number of nitrogens with one attached hydrogen (secondary N) is 1. The molecule has 1 N–H and O–H groups in total. The monoisotopic (exact) mass is 499 g/mol. The third-order valence-electron chi connectivity index (χ3n) is 6.06. The van der Waals surface area contributed by atoms with E-state index in [9.17, 15) is 24.5 Å². The summed E-state index contributed by atoms with van der Waals surface area (Å²) in [6.45, 7) is -0.434. The van der Waals surface area contributed by atoms with E-state index in [2.05, 4.69) is 11.4 Å². The van der Waals surface area contributed by atoms with Gasteiger partial charge >= 0.3 is 5.97 Å². The summed E-state index contributed by atoms with van der Waals surface area (Å²) in [7, 11) is 1.71. The molecule has 0 aromatic heterocycles. The van der Waals surface area contributed by atoms with Crippen molar-refractivity contribution in [2.75, 3.05) is 25.7 Å². The van der Waals surface area contributed by atoms with E-state index < -0.39 is 29.4 Å². The van der Waals surface area contributed by atoms with Crippen LogP contribution in [0.25, 0.3) is 0 Å². The third kappa shape index (κ3) is 6.82. The fourth-order valence-electron chi connectivity index (χ4n) is 4.13. The van der Waals surface area contributed by atoms with Gasteiger partial charge in [0.05, 0.1) is 11.0 Å². The molecule has 9 nitrogen and oxygen atoms in total. The number of nitrogens with zero attached hydrogens (tertiary/aromatic N) is 2. The molecule has 2 atom stereocenters. The second-order valence-corrected chi connectivity index (χ2v) is 9.32. The number of carbonyl (C=O) groups is 3. The van der Waals surface area contributed by atoms with Crippen LogP contribution in [0.1, 0.15) is 46.8 Å². The predicted molar refractivity (Wildman–Crippen MR) is 133 cm³/mol. The molecule has 10 heteroatoms. The van der Waals surface area contributed by atoms with Crippen LogP contribution in [-0.2, 0) is 20.7 Å². The van der Waals surface area contributed by atoms with Crippen LogP contribution in [0.15, 0.2) is 48.5 Å². The zero-order valence-electron chi connectivity index (χ0n) is 19.8. The van der Waals surface area contributed by atoms with Gasteiger partial charge in [0, 0.05) is 24.7 Å². The Bertz CT molecular complexity index is 1090. The van der Waals surface area contributed by atoms with Crippen LogP contribution in [0, 0.1) is 10.1 Å². The van der Waals surface area contributed by atoms with Gasteiger partial charge in [0.1, 0.15) is 6.04 Å². The molecular weight excluding hydrogens is 470 g/mol. The first-order valence-corrected chi connectivity index (χ1v) is 12.8. The minimum atomic E-state index is -0.984. The highest BCUT2D eigenvalue weighted by Gasteiger charge is 2.28. The highest BCUT2D eigenvalue weighted by atomic mass is 32.2. The largest absolute Gasteiger partial charge is 0.454 e. The number of amides is 2. The number of hydrogen-bond donors (Lipinski definition) is 1. The molecule has 0 bridgehead atoms. The van der Waals surface area contributed by atoms with Crippen LogP contribution < -0.4 is 5.32 Å². The number of hydrogen-bond acceptors (Lipinski definition) is 7. The van der Waals surface area contributed by atoms with E-state index in [-0.39, 0.29) is 23.2 Å². The zero-order valence-corrected chi connectivity index (χ0v) is 20.6. The fourth-order valence-corrected chi connectivity index (χ4v) is 4.60. The number of fused-ring (bicyclic) bond motifs is 1. The molecule has 0 heterocycles. The number of rotatable bonds is 10. The number of benzene rings is 2. The van der Waals surface area contributed by atoms with Crippen molar-refractivity contribution in [3.8, 4) is 0 Å². The maximum absolute atomic E-state index is 12.8. The Morgan fingerprint density at radius 2 is 2.00 bits per heavy atom. The SMILES string of the molecule is CSCCC(NC(=O)c1cccc([N+](=O)[O-])c1)C(=O)OCC(=O)N(C)C1CCCc2ccccc21. The van der Waals surface area contributed by atoms with Gasteiger partial charge in [-0.05, 0) is 54.9 Å². The van der Waals surface area contributed by atoms with Gasteiger partial charge in [0.2, 0.25) is 0 Å². The highest BCUT2D eigenvalue weighted by Crippen LogP contribution is 2.33. The number of esters is 1. The number of ether oxygens (including phenoxy) is 1. The summed E-state index contributed by atoms with van der Waals surface area (Å²) in [5.74, 6) is -1.10. The minimum absolute atomic E-state index is 0.0629. The molecule has 3 rings (SSSR count). The summed E-state index contributed by atoms with van der Waals surface area (Å²) in [6.07, 6.45) is 4.94.